The van der Waals surface area contributed by atoms with Crippen molar-refractivity contribution in [3.63, 3.8) is 0 Å². The molecule has 2 heterocycles. The average molecular weight is 340 g/mol. The number of carbonyl (C=O) groups excluding carboxylic acids is 1. The third-order valence-corrected chi connectivity index (χ3v) is 5.61. The smallest absolute Gasteiger partial charge is 0.251 e. The van der Waals surface area contributed by atoms with Crippen molar-refractivity contribution in [3.05, 3.63) is 35.7 Å². The van der Waals surface area contributed by atoms with E-state index in [1.54, 1.807) is 19.1 Å². The molecule has 132 valence electrons. The second-order valence-corrected chi connectivity index (χ2v) is 7.36. The van der Waals surface area contributed by atoms with Gasteiger partial charge in [0, 0.05) is 42.7 Å². The summed E-state index contributed by atoms with van der Waals surface area (Å²) in [5.41, 5.74) is 1.97. The summed E-state index contributed by atoms with van der Waals surface area (Å²) in [4.78, 5) is 19.2. The number of rotatable bonds is 5. The van der Waals surface area contributed by atoms with Crippen LogP contribution in [0.2, 0.25) is 0 Å². The summed E-state index contributed by atoms with van der Waals surface area (Å²) in [5.74, 6) is 1.04. The number of nitrogens with zero attached hydrogens (tertiary/aromatic N) is 3. The van der Waals surface area contributed by atoms with Gasteiger partial charge >= 0.3 is 0 Å². The van der Waals surface area contributed by atoms with E-state index in [0.29, 0.717) is 22.8 Å². The Balaban J connectivity index is 1.34. The van der Waals surface area contributed by atoms with Gasteiger partial charge in [0.2, 0.25) is 11.7 Å². The summed E-state index contributed by atoms with van der Waals surface area (Å²) in [7, 11) is 0. The first kappa shape index (κ1) is 16.3. The lowest BCUT2D eigenvalue weighted by atomic mass is 9.68. The highest BCUT2D eigenvalue weighted by Crippen LogP contribution is 2.46. The van der Waals surface area contributed by atoms with Crippen molar-refractivity contribution in [1.82, 2.24) is 20.4 Å². The van der Waals surface area contributed by atoms with Crippen molar-refractivity contribution in [2.45, 2.75) is 51.1 Å². The van der Waals surface area contributed by atoms with Crippen molar-refractivity contribution in [2.24, 2.45) is 0 Å². The van der Waals surface area contributed by atoms with Crippen LogP contribution in [-0.4, -0.2) is 45.6 Å². The summed E-state index contributed by atoms with van der Waals surface area (Å²) < 4.78 is 4.99. The Labute approximate surface area is 147 Å². The molecule has 6 nitrogen and oxygen atoms in total. The van der Waals surface area contributed by atoms with Gasteiger partial charge in [0.1, 0.15) is 0 Å². The van der Waals surface area contributed by atoms with Crippen LogP contribution in [0.3, 0.4) is 0 Å². The molecule has 1 aliphatic carbocycles. The standard InChI is InChI=1S/C19H24N4O2/c1-13(12-23-11-10-19(23)8-3-9-19)20-18(24)16-6-4-15(5-7-16)17-21-14(2)25-22-17/h4-7,13H,3,8-12H2,1-2H3,(H,20,24)/t13-/m1/s1. The lowest BCUT2D eigenvalue weighted by Gasteiger charge is -2.59. The molecule has 1 saturated heterocycles. The fourth-order valence-corrected chi connectivity index (χ4v) is 3.89. The minimum absolute atomic E-state index is 0.0356. The zero-order valence-electron chi connectivity index (χ0n) is 14.8. The summed E-state index contributed by atoms with van der Waals surface area (Å²) >= 11 is 0. The SMILES string of the molecule is Cc1nc(-c2ccc(C(=O)N[C@H](C)CN3CCC34CCC4)cc2)no1. The molecular formula is C19H24N4O2. The number of carbonyl (C=O) groups is 1. The Morgan fingerprint density at radius 2 is 2.08 bits per heavy atom. The highest BCUT2D eigenvalue weighted by Gasteiger charge is 2.48. The summed E-state index contributed by atoms with van der Waals surface area (Å²) in [6.07, 6.45) is 5.32. The summed E-state index contributed by atoms with van der Waals surface area (Å²) in [5, 5.41) is 7.01. The molecule has 6 heteroatoms. The third-order valence-electron chi connectivity index (χ3n) is 5.61. The number of aryl methyl sites for hydroxylation is 1. The van der Waals surface area contributed by atoms with Gasteiger partial charge in [-0.3, -0.25) is 9.69 Å². The van der Waals surface area contributed by atoms with Crippen LogP contribution in [0, 0.1) is 6.92 Å². The van der Waals surface area contributed by atoms with E-state index in [0.717, 1.165) is 12.1 Å². The fraction of sp³-hybridized carbons (Fsp3) is 0.526. The molecule has 1 spiro atoms. The zero-order chi connectivity index (χ0) is 17.4. The van der Waals surface area contributed by atoms with Crippen LogP contribution < -0.4 is 5.32 Å². The molecule has 25 heavy (non-hydrogen) atoms. The van der Waals surface area contributed by atoms with Crippen LogP contribution in [-0.2, 0) is 0 Å². The van der Waals surface area contributed by atoms with Gasteiger partial charge < -0.3 is 9.84 Å². The first-order valence-corrected chi connectivity index (χ1v) is 9.02. The van der Waals surface area contributed by atoms with Crippen molar-refractivity contribution in [2.75, 3.05) is 13.1 Å². The van der Waals surface area contributed by atoms with Gasteiger partial charge in [-0.25, -0.2) is 0 Å². The Bertz CT molecular complexity index is 758. The molecule has 4 rings (SSSR count). The molecule has 0 bridgehead atoms. The molecule has 0 unspecified atom stereocenters. The molecule has 1 atom stereocenters. The largest absolute Gasteiger partial charge is 0.348 e. The lowest BCUT2D eigenvalue weighted by molar-refractivity contribution is -0.0758. The van der Waals surface area contributed by atoms with Crippen LogP contribution in [0.5, 0.6) is 0 Å². The minimum atomic E-state index is -0.0356. The molecule has 1 aromatic carbocycles. The van der Waals surface area contributed by atoms with Crippen molar-refractivity contribution in [1.29, 1.82) is 0 Å². The number of hydrogen-bond acceptors (Lipinski definition) is 5. The molecule has 1 aromatic heterocycles. The van der Waals surface area contributed by atoms with E-state index in [1.807, 2.05) is 12.1 Å². The second-order valence-electron chi connectivity index (χ2n) is 7.36. The molecule has 1 amide bonds. The Morgan fingerprint density at radius 1 is 1.32 bits per heavy atom. The normalized spacial score (nSPS) is 19.9. The highest BCUT2D eigenvalue weighted by molar-refractivity contribution is 5.94. The first-order valence-electron chi connectivity index (χ1n) is 9.02. The number of benzene rings is 1. The molecule has 1 saturated carbocycles. The van der Waals surface area contributed by atoms with Gasteiger partial charge in [0.15, 0.2) is 0 Å². The third kappa shape index (κ3) is 3.06. The zero-order valence-corrected chi connectivity index (χ0v) is 14.8. The van der Waals surface area contributed by atoms with Gasteiger partial charge in [-0.15, -0.1) is 0 Å². The van der Waals surface area contributed by atoms with E-state index in [-0.39, 0.29) is 11.9 Å². The molecule has 1 aliphatic heterocycles. The molecule has 2 aromatic rings. The van der Waals surface area contributed by atoms with Crippen LogP contribution in [0.15, 0.2) is 28.8 Å². The quantitative estimate of drug-likeness (QED) is 0.906. The van der Waals surface area contributed by atoms with Crippen LogP contribution in [0.25, 0.3) is 11.4 Å². The van der Waals surface area contributed by atoms with Gasteiger partial charge in [-0.05, 0) is 44.7 Å². The van der Waals surface area contributed by atoms with E-state index < -0.39 is 0 Å². The lowest BCUT2D eigenvalue weighted by Crippen LogP contribution is -2.65. The van der Waals surface area contributed by atoms with Gasteiger partial charge in [-0.2, -0.15) is 4.98 Å². The van der Waals surface area contributed by atoms with Gasteiger partial charge in [0.25, 0.3) is 5.91 Å². The highest BCUT2D eigenvalue weighted by atomic mass is 16.5. The van der Waals surface area contributed by atoms with Crippen LogP contribution >= 0.6 is 0 Å². The number of nitrogens with one attached hydrogen (secondary N) is 1. The number of likely N-dealkylation sites (tertiary alicyclic amines) is 1. The topological polar surface area (TPSA) is 71.3 Å². The summed E-state index contributed by atoms with van der Waals surface area (Å²) in [6, 6.07) is 7.45. The Hall–Kier alpha value is -2.21. The fourth-order valence-electron chi connectivity index (χ4n) is 3.89. The van der Waals surface area contributed by atoms with Crippen molar-refractivity contribution < 1.29 is 9.32 Å². The Morgan fingerprint density at radius 3 is 2.60 bits per heavy atom. The van der Waals surface area contributed by atoms with Gasteiger partial charge in [0.05, 0.1) is 0 Å². The maximum Gasteiger partial charge on any atom is 0.251 e. The van der Waals surface area contributed by atoms with Crippen LogP contribution in [0.1, 0.15) is 48.9 Å². The predicted molar refractivity (Wildman–Crippen MR) is 94.2 cm³/mol. The van der Waals surface area contributed by atoms with Crippen molar-refractivity contribution in [3.8, 4) is 11.4 Å². The van der Waals surface area contributed by atoms with Crippen LogP contribution in [0.4, 0.5) is 0 Å². The second kappa shape index (κ2) is 6.26. The average Bonchev–Trinajstić information content (AvgIpc) is 2.97. The maximum atomic E-state index is 12.5. The maximum absolute atomic E-state index is 12.5. The molecule has 2 fully saturated rings. The Kier molecular flexibility index (Phi) is 4.07. The molecule has 2 aliphatic rings. The van der Waals surface area contributed by atoms with E-state index in [9.17, 15) is 4.79 Å². The number of aromatic nitrogens is 2. The van der Waals surface area contributed by atoms with E-state index >= 15 is 0 Å². The molecule has 1 N–H and O–H groups in total. The van der Waals surface area contributed by atoms with E-state index in [2.05, 4.69) is 27.3 Å². The number of amides is 1. The number of hydrogen-bond donors (Lipinski definition) is 1. The predicted octanol–water partition coefficient (Wildman–Crippen LogP) is 2.79. The van der Waals surface area contributed by atoms with E-state index in [1.165, 1.54) is 32.2 Å². The van der Waals surface area contributed by atoms with E-state index in [4.69, 9.17) is 4.52 Å². The molecular weight excluding hydrogens is 316 g/mol. The monoisotopic (exact) mass is 340 g/mol. The molecule has 0 radical (unpaired) electrons. The summed E-state index contributed by atoms with van der Waals surface area (Å²) in [6.45, 7) is 5.94. The van der Waals surface area contributed by atoms with Gasteiger partial charge in [-0.1, -0.05) is 17.3 Å². The minimum Gasteiger partial charge on any atom is -0.348 e. The first-order chi connectivity index (χ1) is 12.1. The van der Waals surface area contributed by atoms with Crippen molar-refractivity contribution >= 4 is 5.91 Å².